The summed E-state index contributed by atoms with van der Waals surface area (Å²) in [6.45, 7) is 1.24. The molecule has 0 aliphatic carbocycles. The zero-order valence-electron chi connectivity index (χ0n) is 6.77. The Kier molecular flexibility index (Phi) is 2.64. The molecule has 0 amide bonds. The molecule has 1 rings (SSSR count). The highest BCUT2D eigenvalue weighted by atomic mass is 35.5. The van der Waals surface area contributed by atoms with Gasteiger partial charge in [-0.05, 0) is 19.1 Å². The number of ketones is 1. The fraction of sp³-hybridized carbons (Fsp3) is 0.111. The second kappa shape index (κ2) is 3.55. The van der Waals surface area contributed by atoms with E-state index in [-0.39, 0.29) is 16.1 Å². The predicted octanol–water partition coefficient (Wildman–Crippen LogP) is 2.55. The van der Waals surface area contributed by atoms with Gasteiger partial charge in [0.25, 0.3) is 0 Å². The molecule has 66 valence electrons. The first-order valence-electron chi connectivity index (χ1n) is 3.47. The van der Waals surface area contributed by atoms with Crippen LogP contribution in [0.5, 0.6) is 0 Å². The van der Waals surface area contributed by atoms with Crippen molar-refractivity contribution >= 4 is 17.4 Å². The molecule has 0 unspecified atom stereocenters. The van der Waals surface area contributed by atoms with Gasteiger partial charge in [0.2, 0.25) is 0 Å². The van der Waals surface area contributed by atoms with Crippen LogP contribution in [-0.4, -0.2) is 5.78 Å². The lowest BCUT2D eigenvalue weighted by Crippen LogP contribution is -1.99. The Hall–Kier alpha value is -1.40. The van der Waals surface area contributed by atoms with Gasteiger partial charge in [0, 0.05) is 0 Å². The van der Waals surface area contributed by atoms with E-state index in [0.717, 1.165) is 6.07 Å². The number of hydrogen-bond acceptors (Lipinski definition) is 2. The molecule has 0 aromatic heterocycles. The summed E-state index contributed by atoms with van der Waals surface area (Å²) >= 11 is 5.53. The molecule has 1 aromatic carbocycles. The lowest BCUT2D eigenvalue weighted by Gasteiger charge is -2.02. The van der Waals surface area contributed by atoms with E-state index in [9.17, 15) is 9.18 Å². The maximum absolute atomic E-state index is 12.9. The number of carbonyl (C=O) groups is 1. The summed E-state index contributed by atoms with van der Waals surface area (Å²) in [6, 6.07) is 4.07. The SMILES string of the molecule is CC(=O)c1c(C#N)ccc(F)c1Cl. The molecule has 0 saturated heterocycles. The summed E-state index contributed by atoms with van der Waals surface area (Å²) in [5, 5.41) is 8.31. The van der Waals surface area contributed by atoms with Gasteiger partial charge in [-0.15, -0.1) is 0 Å². The van der Waals surface area contributed by atoms with Gasteiger partial charge < -0.3 is 0 Å². The van der Waals surface area contributed by atoms with Gasteiger partial charge in [0.15, 0.2) is 5.78 Å². The van der Waals surface area contributed by atoms with Gasteiger partial charge in [0.05, 0.1) is 22.2 Å². The molecule has 2 nitrogen and oxygen atoms in total. The topological polar surface area (TPSA) is 40.9 Å². The standard InChI is InChI=1S/C9H5ClFNO/c1-5(13)8-6(4-12)2-3-7(11)9(8)10/h2-3H,1H3. The second-order valence-corrected chi connectivity index (χ2v) is 2.83. The Bertz CT molecular complexity index is 409. The normalized spacial score (nSPS) is 9.38. The van der Waals surface area contributed by atoms with Gasteiger partial charge in [-0.25, -0.2) is 4.39 Å². The molecule has 0 spiro atoms. The molecule has 4 heteroatoms. The quantitative estimate of drug-likeness (QED) is 0.650. The first-order chi connectivity index (χ1) is 6.07. The molecule has 0 heterocycles. The average Bonchev–Trinajstić information content (AvgIpc) is 2.08. The maximum atomic E-state index is 12.9. The summed E-state index contributed by atoms with van der Waals surface area (Å²) in [7, 11) is 0. The van der Waals surface area contributed by atoms with Crippen molar-refractivity contribution in [3.63, 3.8) is 0 Å². The molecule has 0 bridgehead atoms. The van der Waals surface area contributed by atoms with Crippen LogP contribution in [0.25, 0.3) is 0 Å². The molecule has 0 atom stereocenters. The highest BCUT2D eigenvalue weighted by Gasteiger charge is 2.14. The third kappa shape index (κ3) is 1.68. The summed E-state index contributed by atoms with van der Waals surface area (Å²) in [5.74, 6) is -1.10. The number of hydrogen-bond donors (Lipinski definition) is 0. The van der Waals surface area contributed by atoms with Crippen LogP contribution in [0.15, 0.2) is 12.1 Å². The fourth-order valence-corrected chi connectivity index (χ4v) is 1.29. The largest absolute Gasteiger partial charge is 0.294 e. The summed E-state index contributed by atoms with van der Waals surface area (Å²) in [4.78, 5) is 11.0. The van der Waals surface area contributed by atoms with E-state index in [0.29, 0.717) is 0 Å². The minimum atomic E-state index is -0.689. The summed E-state index contributed by atoms with van der Waals surface area (Å²) < 4.78 is 12.9. The molecule has 0 N–H and O–H groups in total. The fourth-order valence-electron chi connectivity index (χ4n) is 0.988. The van der Waals surface area contributed by atoms with E-state index in [4.69, 9.17) is 16.9 Å². The van der Waals surface area contributed by atoms with Crippen LogP contribution in [0.1, 0.15) is 22.8 Å². The van der Waals surface area contributed by atoms with E-state index < -0.39 is 11.6 Å². The molecule has 0 radical (unpaired) electrons. The van der Waals surface area contributed by atoms with Crippen molar-refractivity contribution in [2.24, 2.45) is 0 Å². The minimum absolute atomic E-state index is 0.0517. The number of carbonyl (C=O) groups excluding carboxylic acids is 1. The van der Waals surface area contributed by atoms with Crippen LogP contribution in [0.2, 0.25) is 5.02 Å². The number of benzene rings is 1. The van der Waals surface area contributed by atoms with Gasteiger partial charge in [0.1, 0.15) is 5.82 Å². The van der Waals surface area contributed by atoms with Crippen molar-refractivity contribution in [3.8, 4) is 6.07 Å². The van der Waals surface area contributed by atoms with Crippen LogP contribution in [-0.2, 0) is 0 Å². The Labute approximate surface area is 79.5 Å². The smallest absolute Gasteiger partial charge is 0.162 e. The summed E-state index contributed by atoms with van der Waals surface area (Å²) in [5.41, 5.74) is 0.0445. The highest BCUT2D eigenvalue weighted by molar-refractivity contribution is 6.34. The Balaban J connectivity index is 3.53. The molecular formula is C9H5ClFNO. The molecule has 0 aliphatic rings. The van der Waals surface area contributed by atoms with Crippen molar-refractivity contribution in [3.05, 3.63) is 34.1 Å². The third-order valence-corrected chi connectivity index (χ3v) is 1.94. The van der Waals surface area contributed by atoms with E-state index >= 15 is 0 Å². The van der Waals surface area contributed by atoms with Crippen LogP contribution < -0.4 is 0 Å². The second-order valence-electron chi connectivity index (χ2n) is 2.45. The number of rotatable bonds is 1. The Morgan fingerprint density at radius 1 is 1.62 bits per heavy atom. The molecule has 1 aromatic rings. The Morgan fingerprint density at radius 3 is 2.69 bits per heavy atom. The molecule has 13 heavy (non-hydrogen) atoms. The molecule has 0 saturated carbocycles. The highest BCUT2D eigenvalue weighted by Crippen LogP contribution is 2.23. The van der Waals surface area contributed by atoms with Gasteiger partial charge >= 0.3 is 0 Å². The van der Waals surface area contributed by atoms with Crippen molar-refractivity contribution in [1.82, 2.24) is 0 Å². The van der Waals surface area contributed by atoms with Crippen LogP contribution >= 0.6 is 11.6 Å². The number of nitriles is 1. The number of halogens is 2. The predicted molar refractivity (Wildman–Crippen MR) is 46.1 cm³/mol. The van der Waals surface area contributed by atoms with E-state index in [2.05, 4.69) is 0 Å². The van der Waals surface area contributed by atoms with Crippen LogP contribution in [0, 0.1) is 17.1 Å². The van der Waals surface area contributed by atoms with Crippen LogP contribution in [0.3, 0.4) is 0 Å². The van der Waals surface area contributed by atoms with Crippen molar-refractivity contribution in [2.75, 3.05) is 0 Å². The number of nitrogens with zero attached hydrogens (tertiary/aromatic N) is 1. The van der Waals surface area contributed by atoms with Gasteiger partial charge in [-0.1, -0.05) is 11.6 Å². The van der Waals surface area contributed by atoms with Crippen molar-refractivity contribution in [2.45, 2.75) is 6.92 Å². The first-order valence-corrected chi connectivity index (χ1v) is 3.84. The van der Waals surface area contributed by atoms with E-state index in [1.165, 1.54) is 13.0 Å². The van der Waals surface area contributed by atoms with E-state index in [1.54, 1.807) is 6.07 Å². The Morgan fingerprint density at radius 2 is 2.23 bits per heavy atom. The van der Waals surface area contributed by atoms with Crippen molar-refractivity contribution in [1.29, 1.82) is 5.26 Å². The van der Waals surface area contributed by atoms with Crippen molar-refractivity contribution < 1.29 is 9.18 Å². The number of Topliss-reactive ketones (excluding diaryl/α,β-unsaturated/α-hetero) is 1. The minimum Gasteiger partial charge on any atom is -0.294 e. The zero-order chi connectivity index (χ0) is 10.0. The van der Waals surface area contributed by atoms with Crippen LogP contribution in [0.4, 0.5) is 4.39 Å². The van der Waals surface area contributed by atoms with E-state index in [1.807, 2.05) is 0 Å². The molecule has 0 fully saturated rings. The molecule has 0 aliphatic heterocycles. The first kappa shape index (κ1) is 9.69. The maximum Gasteiger partial charge on any atom is 0.162 e. The lowest BCUT2D eigenvalue weighted by atomic mass is 10.1. The lowest BCUT2D eigenvalue weighted by molar-refractivity contribution is 0.101. The summed E-state index contributed by atoms with van der Waals surface area (Å²) in [6.07, 6.45) is 0. The third-order valence-electron chi connectivity index (χ3n) is 1.57. The zero-order valence-corrected chi connectivity index (χ0v) is 7.52. The average molecular weight is 198 g/mol. The molecular weight excluding hydrogens is 193 g/mol. The van der Waals surface area contributed by atoms with Gasteiger partial charge in [-0.3, -0.25) is 4.79 Å². The monoisotopic (exact) mass is 197 g/mol. The van der Waals surface area contributed by atoms with Gasteiger partial charge in [-0.2, -0.15) is 5.26 Å².